The van der Waals surface area contributed by atoms with E-state index >= 15 is 0 Å². The molecule has 2 aromatic rings. The normalized spacial score (nSPS) is 28.5. The number of nitrogen functional groups attached to an aromatic ring is 1. The van der Waals surface area contributed by atoms with E-state index in [9.17, 15) is 10.2 Å². The minimum Gasteiger partial charge on any atom is -0.387 e. The molecule has 0 radical (unpaired) electrons. The van der Waals surface area contributed by atoms with Gasteiger partial charge < -0.3 is 26.0 Å². The Bertz CT molecular complexity index is 653. The second kappa shape index (κ2) is 6.58. The first-order valence-corrected chi connectivity index (χ1v) is 8.37. The molecule has 5 N–H and O–H groups in total. The maximum Gasteiger partial charge on any atom is 0.167 e. The molecular weight excluding hydrogens is 403 g/mol. The van der Waals surface area contributed by atoms with Gasteiger partial charge in [-0.05, 0) is 0 Å². The van der Waals surface area contributed by atoms with Gasteiger partial charge in [0.25, 0.3) is 0 Å². The highest BCUT2D eigenvalue weighted by molar-refractivity contribution is 14.1. The number of nitrogens with two attached hydrogens (primary N) is 1. The molecule has 0 aromatic carbocycles. The number of nitrogens with one attached hydrogen (secondary N) is 1. The monoisotopic (exact) mass is 420 g/mol. The Labute approximate surface area is 140 Å². The topological polar surface area (TPSA) is 131 Å². The van der Waals surface area contributed by atoms with Crippen molar-refractivity contribution < 1.29 is 14.9 Å². The summed E-state index contributed by atoms with van der Waals surface area (Å²) in [5.41, 5.74) is 6.65. The lowest BCUT2D eigenvalue weighted by molar-refractivity contribution is -0.0340. The van der Waals surface area contributed by atoms with E-state index in [1.54, 1.807) is 4.57 Å². The van der Waals surface area contributed by atoms with Crippen LogP contribution >= 0.6 is 22.6 Å². The number of hydrogen-bond acceptors (Lipinski definition) is 8. The van der Waals surface area contributed by atoms with Gasteiger partial charge in [0, 0.05) is 17.5 Å². The number of aliphatic hydroxyl groups excluding tert-OH is 2. The van der Waals surface area contributed by atoms with Crippen LogP contribution in [-0.4, -0.2) is 65.6 Å². The molecule has 2 aromatic heterocycles. The van der Waals surface area contributed by atoms with Gasteiger partial charge in [-0.3, -0.25) is 4.57 Å². The van der Waals surface area contributed by atoms with Gasteiger partial charge in [0.05, 0.1) is 6.33 Å². The quantitative estimate of drug-likeness (QED) is 0.277. The number of imidazole rings is 1. The molecule has 1 fully saturated rings. The van der Waals surface area contributed by atoms with Gasteiger partial charge in [-0.2, -0.15) is 0 Å². The Morgan fingerprint density at radius 3 is 2.91 bits per heavy atom. The smallest absolute Gasteiger partial charge is 0.167 e. The molecule has 0 spiro atoms. The lowest BCUT2D eigenvalue weighted by atomic mass is 10.1. The molecule has 0 unspecified atom stereocenters. The molecule has 9 nitrogen and oxygen atoms in total. The van der Waals surface area contributed by atoms with Crippen LogP contribution in [0, 0.1) is 0 Å². The van der Waals surface area contributed by atoms with Crippen LogP contribution in [0.3, 0.4) is 0 Å². The summed E-state index contributed by atoms with van der Waals surface area (Å²) in [6.07, 6.45) is -0.507. The van der Waals surface area contributed by atoms with E-state index in [1.807, 2.05) is 0 Å². The van der Waals surface area contributed by atoms with E-state index in [0.29, 0.717) is 17.7 Å². The van der Waals surface area contributed by atoms with Crippen molar-refractivity contribution in [1.82, 2.24) is 24.8 Å². The first kappa shape index (κ1) is 15.8. The number of fused-ring (bicyclic) bond motifs is 1. The molecule has 3 rings (SSSR count). The SMILES string of the molecule is Nc1ncnc2c1ncn2[C@@H]1O[C@H](CNCCI)[C@@H](O)[C@H]1O. The van der Waals surface area contributed by atoms with Crippen LogP contribution in [0.5, 0.6) is 0 Å². The molecule has 0 amide bonds. The van der Waals surface area contributed by atoms with Gasteiger partial charge >= 0.3 is 0 Å². The first-order valence-electron chi connectivity index (χ1n) is 6.84. The van der Waals surface area contributed by atoms with Crippen LogP contribution in [0.2, 0.25) is 0 Å². The van der Waals surface area contributed by atoms with Gasteiger partial charge in [0.1, 0.15) is 30.2 Å². The largest absolute Gasteiger partial charge is 0.387 e. The zero-order valence-electron chi connectivity index (χ0n) is 11.6. The second-order valence-corrected chi connectivity index (χ2v) is 6.10. The zero-order valence-corrected chi connectivity index (χ0v) is 13.8. The number of aliphatic hydroxyl groups is 2. The highest BCUT2D eigenvalue weighted by Gasteiger charge is 2.44. The van der Waals surface area contributed by atoms with Crippen LogP contribution in [0.25, 0.3) is 11.2 Å². The number of rotatable bonds is 5. The van der Waals surface area contributed by atoms with E-state index in [2.05, 4.69) is 42.9 Å². The molecule has 1 saturated heterocycles. The minimum absolute atomic E-state index is 0.261. The van der Waals surface area contributed by atoms with Gasteiger partial charge in [0.2, 0.25) is 0 Å². The van der Waals surface area contributed by atoms with E-state index in [-0.39, 0.29) is 5.82 Å². The van der Waals surface area contributed by atoms with Gasteiger partial charge in [-0.1, -0.05) is 22.6 Å². The Kier molecular flexibility index (Phi) is 4.73. The number of hydrogen-bond donors (Lipinski definition) is 4. The molecule has 3 heterocycles. The molecule has 22 heavy (non-hydrogen) atoms. The Hall–Kier alpha value is -1.08. The highest BCUT2D eigenvalue weighted by Crippen LogP contribution is 2.31. The number of ether oxygens (including phenoxy) is 1. The Morgan fingerprint density at radius 2 is 2.14 bits per heavy atom. The first-order chi connectivity index (χ1) is 10.6. The van der Waals surface area contributed by atoms with E-state index < -0.39 is 24.5 Å². The predicted octanol–water partition coefficient (Wildman–Crippen LogP) is -0.948. The maximum atomic E-state index is 10.3. The van der Waals surface area contributed by atoms with Crippen molar-refractivity contribution in [3.8, 4) is 0 Å². The summed E-state index contributed by atoms with van der Waals surface area (Å²) in [4.78, 5) is 12.1. The van der Waals surface area contributed by atoms with Crippen molar-refractivity contribution in [2.45, 2.75) is 24.5 Å². The summed E-state index contributed by atoms with van der Waals surface area (Å²) in [5, 5.41) is 23.6. The molecule has 0 bridgehead atoms. The summed E-state index contributed by atoms with van der Waals surface area (Å²) >= 11 is 2.25. The van der Waals surface area contributed by atoms with E-state index in [0.717, 1.165) is 11.0 Å². The highest BCUT2D eigenvalue weighted by atomic mass is 127. The Balaban J connectivity index is 1.83. The van der Waals surface area contributed by atoms with E-state index in [4.69, 9.17) is 10.5 Å². The zero-order chi connectivity index (χ0) is 15.7. The molecule has 1 aliphatic heterocycles. The van der Waals surface area contributed by atoms with Gasteiger partial charge in [-0.15, -0.1) is 0 Å². The van der Waals surface area contributed by atoms with Crippen molar-refractivity contribution in [1.29, 1.82) is 0 Å². The number of anilines is 1. The van der Waals surface area contributed by atoms with Crippen molar-refractivity contribution >= 4 is 39.6 Å². The van der Waals surface area contributed by atoms with Crippen molar-refractivity contribution in [3.05, 3.63) is 12.7 Å². The summed E-state index contributed by atoms with van der Waals surface area (Å²) in [6, 6.07) is 0. The fourth-order valence-electron chi connectivity index (χ4n) is 2.50. The number of halogens is 1. The van der Waals surface area contributed by atoms with Gasteiger partial charge in [-0.25, -0.2) is 15.0 Å². The minimum atomic E-state index is -1.07. The molecule has 1 aliphatic rings. The summed E-state index contributed by atoms with van der Waals surface area (Å²) in [7, 11) is 0. The summed E-state index contributed by atoms with van der Waals surface area (Å²) in [5.74, 6) is 0.261. The van der Waals surface area contributed by atoms with Gasteiger partial charge in [0.15, 0.2) is 17.7 Å². The maximum absolute atomic E-state index is 10.3. The molecule has 0 saturated carbocycles. The van der Waals surface area contributed by atoms with Crippen LogP contribution < -0.4 is 11.1 Å². The number of alkyl halides is 1. The van der Waals surface area contributed by atoms with Crippen molar-refractivity contribution in [2.24, 2.45) is 0 Å². The third kappa shape index (κ3) is 2.76. The lowest BCUT2D eigenvalue weighted by Gasteiger charge is -2.16. The molecule has 4 atom stereocenters. The number of aromatic nitrogens is 4. The number of nitrogens with zero attached hydrogens (tertiary/aromatic N) is 4. The lowest BCUT2D eigenvalue weighted by Crippen LogP contribution is -2.38. The molecule has 120 valence electrons. The average molecular weight is 420 g/mol. The standard InChI is InChI=1S/C12H17IN6O3/c13-1-2-15-3-6-8(20)9(21)12(22-6)19-5-18-7-10(14)16-4-17-11(7)19/h4-6,8-9,12,15,20-21H,1-3H2,(H2,14,16,17)/t6-,8-,9-,12-/m1/s1. The van der Waals surface area contributed by atoms with Crippen molar-refractivity contribution in [2.75, 3.05) is 23.3 Å². The predicted molar refractivity (Wildman–Crippen MR) is 87.4 cm³/mol. The summed E-state index contributed by atoms with van der Waals surface area (Å²) < 4.78 is 8.30. The van der Waals surface area contributed by atoms with Crippen LogP contribution in [0.15, 0.2) is 12.7 Å². The van der Waals surface area contributed by atoms with Crippen LogP contribution in [-0.2, 0) is 4.74 Å². The molecule has 0 aliphatic carbocycles. The molecular formula is C12H17IN6O3. The third-order valence-corrected chi connectivity index (χ3v) is 4.15. The second-order valence-electron chi connectivity index (χ2n) is 5.02. The molecule has 10 heteroatoms. The average Bonchev–Trinajstić information content (AvgIpc) is 3.05. The third-order valence-electron chi connectivity index (χ3n) is 3.62. The fourth-order valence-corrected chi connectivity index (χ4v) is 2.88. The fraction of sp³-hybridized carbons (Fsp3) is 0.583. The summed E-state index contributed by atoms with van der Waals surface area (Å²) in [6.45, 7) is 1.27. The Morgan fingerprint density at radius 1 is 1.32 bits per heavy atom. The van der Waals surface area contributed by atoms with Crippen LogP contribution in [0.4, 0.5) is 5.82 Å². The van der Waals surface area contributed by atoms with Crippen LogP contribution in [0.1, 0.15) is 6.23 Å². The van der Waals surface area contributed by atoms with Crippen molar-refractivity contribution in [3.63, 3.8) is 0 Å². The van der Waals surface area contributed by atoms with E-state index in [1.165, 1.54) is 12.7 Å².